The van der Waals surface area contributed by atoms with Crippen LogP contribution in [0.5, 0.6) is 5.75 Å². The van der Waals surface area contributed by atoms with E-state index in [1.54, 1.807) is 12.1 Å². The molecule has 0 saturated heterocycles. The maximum absolute atomic E-state index is 13.0. The SMILES string of the molecule is C=CCn1c(SCC(=O)Nc2sc(C)c(-c3ccccc3)c2C(=O)OC)nnc1C(C)Oc1cc(C)ccc1Cl. The first-order chi connectivity index (χ1) is 19.2. The van der Waals surface area contributed by atoms with Crippen molar-refractivity contribution in [3.63, 3.8) is 0 Å². The molecule has 2 heterocycles. The summed E-state index contributed by atoms with van der Waals surface area (Å²) in [6.45, 7) is 10.0. The fraction of sp³-hybridized carbons (Fsp3) is 0.241. The largest absolute Gasteiger partial charge is 0.481 e. The molecule has 1 unspecified atom stereocenters. The van der Waals surface area contributed by atoms with Gasteiger partial charge in [0.25, 0.3) is 0 Å². The Morgan fingerprint density at radius 2 is 1.95 bits per heavy atom. The monoisotopic (exact) mass is 596 g/mol. The van der Waals surface area contributed by atoms with Crippen LogP contribution in [0.4, 0.5) is 5.00 Å². The number of carbonyl (C=O) groups excluding carboxylic acids is 2. The van der Waals surface area contributed by atoms with Gasteiger partial charge in [0, 0.05) is 17.0 Å². The third-order valence-electron chi connectivity index (χ3n) is 5.93. The number of nitrogens with zero attached hydrogens (tertiary/aromatic N) is 3. The van der Waals surface area contributed by atoms with Gasteiger partial charge < -0.3 is 14.8 Å². The lowest BCUT2D eigenvalue weighted by molar-refractivity contribution is -0.113. The second kappa shape index (κ2) is 13.2. The van der Waals surface area contributed by atoms with Gasteiger partial charge in [-0.3, -0.25) is 9.36 Å². The molecular formula is C29H29ClN4O4S2. The summed E-state index contributed by atoms with van der Waals surface area (Å²) in [5.41, 5.74) is 2.99. The van der Waals surface area contributed by atoms with Crippen molar-refractivity contribution in [2.45, 2.75) is 38.6 Å². The molecule has 0 bridgehead atoms. The molecule has 2 aromatic carbocycles. The van der Waals surface area contributed by atoms with Crippen LogP contribution in [-0.4, -0.2) is 39.5 Å². The summed E-state index contributed by atoms with van der Waals surface area (Å²) in [6, 6.07) is 15.1. The summed E-state index contributed by atoms with van der Waals surface area (Å²) in [5.74, 6) is 0.380. The number of esters is 1. The van der Waals surface area contributed by atoms with Gasteiger partial charge in [-0.15, -0.1) is 28.1 Å². The van der Waals surface area contributed by atoms with Gasteiger partial charge in [0.15, 0.2) is 17.1 Å². The normalized spacial score (nSPS) is 11.6. The quantitative estimate of drug-likeness (QED) is 0.112. The van der Waals surface area contributed by atoms with Crippen LogP contribution in [-0.2, 0) is 16.1 Å². The average molecular weight is 597 g/mol. The van der Waals surface area contributed by atoms with Crippen LogP contribution < -0.4 is 10.1 Å². The first-order valence-corrected chi connectivity index (χ1v) is 14.6. The fourth-order valence-corrected chi connectivity index (χ4v) is 6.12. The number of aryl methyl sites for hydroxylation is 2. The van der Waals surface area contributed by atoms with Gasteiger partial charge in [-0.1, -0.05) is 65.8 Å². The number of thioether (sulfide) groups is 1. The number of methoxy groups -OCH3 is 1. The Morgan fingerprint density at radius 3 is 2.65 bits per heavy atom. The summed E-state index contributed by atoms with van der Waals surface area (Å²) in [7, 11) is 1.33. The van der Waals surface area contributed by atoms with E-state index in [4.69, 9.17) is 21.1 Å². The van der Waals surface area contributed by atoms with E-state index in [0.29, 0.717) is 38.9 Å². The van der Waals surface area contributed by atoms with E-state index in [9.17, 15) is 9.59 Å². The van der Waals surface area contributed by atoms with Gasteiger partial charge >= 0.3 is 5.97 Å². The Labute approximate surface area is 246 Å². The van der Waals surface area contributed by atoms with E-state index in [-0.39, 0.29) is 11.7 Å². The van der Waals surface area contributed by atoms with Crippen molar-refractivity contribution in [3.8, 4) is 16.9 Å². The predicted molar refractivity (Wildman–Crippen MR) is 161 cm³/mol. The number of halogens is 1. The molecule has 2 aromatic heterocycles. The molecule has 0 radical (unpaired) electrons. The lowest BCUT2D eigenvalue weighted by atomic mass is 10.0. The van der Waals surface area contributed by atoms with Gasteiger partial charge in [0.05, 0.1) is 17.9 Å². The van der Waals surface area contributed by atoms with Gasteiger partial charge in [0.1, 0.15) is 16.3 Å². The number of hydrogen-bond donors (Lipinski definition) is 1. The highest BCUT2D eigenvalue weighted by atomic mass is 35.5. The molecule has 0 saturated carbocycles. The van der Waals surface area contributed by atoms with E-state index in [1.165, 1.54) is 30.2 Å². The molecule has 208 valence electrons. The highest BCUT2D eigenvalue weighted by Crippen LogP contribution is 2.40. The second-order valence-corrected chi connectivity index (χ2v) is 11.4. The number of hydrogen-bond acceptors (Lipinski definition) is 8. The van der Waals surface area contributed by atoms with E-state index >= 15 is 0 Å². The number of rotatable bonds is 11. The number of allylic oxidation sites excluding steroid dienone is 1. The zero-order chi connectivity index (χ0) is 28.8. The first kappa shape index (κ1) is 29.4. The summed E-state index contributed by atoms with van der Waals surface area (Å²) < 4.78 is 13.0. The summed E-state index contributed by atoms with van der Waals surface area (Å²) in [6.07, 6.45) is 1.27. The predicted octanol–water partition coefficient (Wildman–Crippen LogP) is 7.12. The Kier molecular flexibility index (Phi) is 9.67. The van der Waals surface area contributed by atoms with E-state index in [1.807, 2.05) is 67.8 Å². The minimum atomic E-state index is -0.510. The molecular weight excluding hydrogens is 568 g/mol. The molecule has 0 aliphatic carbocycles. The highest BCUT2D eigenvalue weighted by Gasteiger charge is 2.26. The molecule has 8 nitrogen and oxygen atoms in total. The fourth-order valence-electron chi connectivity index (χ4n) is 4.13. The van der Waals surface area contributed by atoms with Crippen molar-refractivity contribution in [1.82, 2.24) is 14.8 Å². The number of benzene rings is 2. The highest BCUT2D eigenvalue weighted by molar-refractivity contribution is 7.99. The van der Waals surface area contributed by atoms with Gasteiger partial charge in [-0.05, 0) is 44.0 Å². The van der Waals surface area contributed by atoms with E-state index in [0.717, 1.165) is 21.6 Å². The van der Waals surface area contributed by atoms with Crippen molar-refractivity contribution in [3.05, 3.63) is 88.0 Å². The van der Waals surface area contributed by atoms with E-state index in [2.05, 4.69) is 22.1 Å². The number of nitrogens with one attached hydrogen (secondary N) is 1. The molecule has 4 rings (SSSR count). The molecule has 1 atom stereocenters. The first-order valence-electron chi connectivity index (χ1n) is 12.4. The topological polar surface area (TPSA) is 95.3 Å². The van der Waals surface area contributed by atoms with E-state index < -0.39 is 12.1 Å². The lowest BCUT2D eigenvalue weighted by Crippen LogP contribution is -2.17. The third-order valence-corrected chi connectivity index (χ3v) is 8.23. The Balaban J connectivity index is 1.51. The van der Waals surface area contributed by atoms with Crippen LogP contribution in [0.25, 0.3) is 11.1 Å². The van der Waals surface area contributed by atoms with Gasteiger partial charge in [0.2, 0.25) is 5.91 Å². The van der Waals surface area contributed by atoms with Crippen molar-refractivity contribution in [2.24, 2.45) is 0 Å². The maximum atomic E-state index is 13.0. The van der Waals surface area contributed by atoms with Crippen LogP contribution in [0.2, 0.25) is 5.02 Å². The third kappa shape index (κ3) is 6.57. The number of carbonyl (C=O) groups is 2. The molecule has 40 heavy (non-hydrogen) atoms. The second-order valence-electron chi connectivity index (χ2n) is 8.87. The van der Waals surface area contributed by atoms with Crippen molar-refractivity contribution >= 4 is 51.6 Å². The zero-order valence-corrected chi connectivity index (χ0v) is 25.0. The Morgan fingerprint density at radius 1 is 1.20 bits per heavy atom. The molecule has 0 fully saturated rings. The maximum Gasteiger partial charge on any atom is 0.341 e. The molecule has 1 amide bonds. The number of aromatic nitrogens is 3. The molecule has 0 aliphatic heterocycles. The van der Waals surface area contributed by atoms with Crippen LogP contribution in [0.15, 0.2) is 66.3 Å². The number of anilines is 1. The molecule has 1 N–H and O–H groups in total. The summed E-state index contributed by atoms with van der Waals surface area (Å²) >= 11 is 8.87. The number of ether oxygens (including phenoxy) is 2. The number of amides is 1. The Hall–Kier alpha value is -3.60. The van der Waals surface area contributed by atoms with Gasteiger partial charge in [-0.2, -0.15) is 0 Å². The smallest absolute Gasteiger partial charge is 0.341 e. The molecule has 0 spiro atoms. The zero-order valence-electron chi connectivity index (χ0n) is 22.6. The Bertz CT molecular complexity index is 1530. The average Bonchev–Trinajstić information content (AvgIpc) is 3.49. The summed E-state index contributed by atoms with van der Waals surface area (Å²) in [4.78, 5) is 26.7. The minimum absolute atomic E-state index is 0.0481. The van der Waals surface area contributed by atoms with Crippen LogP contribution in [0, 0.1) is 13.8 Å². The molecule has 11 heteroatoms. The minimum Gasteiger partial charge on any atom is -0.481 e. The number of thiophene rings is 1. The molecule has 0 aliphatic rings. The van der Waals surface area contributed by atoms with Crippen molar-refractivity contribution in [2.75, 3.05) is 18.2 Å². The van der Waals surface area contributed by atoms with Crippen LogP contribution in [0.3, 0.4) is 0 Å². The standard InChI is InChI=1S/C29H29ClN4O4S2/c1-6-14-34-26(18(3)38-22-15-17(2)12-13-21(22)30)32-33-29(34)39-16-23(35)31-27-25(28(36)37-5)24(19(4)40-27)20-10-8-7-9-11-20/h6-13,15,18H,1,14,16H2,2-5H3,(H,31,35). The molecule has 4 aromatic rings. The van der Waals surface area contributed by atoms with Crippen molar-refractivity contribution in [1.29, 1.82) is 0 Å². The summed E-state index contributed by atoms with van der Waals surface area (Å²) in [5, 5.41) is 13.0. The van der Waals surface area contributed by atoms with Crippen LogP contribution in [0.1, 0.15) is 39.7 Å². The lowest BCUT2D eigenvalue weighted by Gasteiger charge is -2.17. The van der Waals surface area contributed by atoms with Crippen molar-refractivity contribution < 1.29 is 19.1 Å². The van der Waals surface area contributed by atoms with Crippen LogP contribution >= 0.6 is 34.7 Å². The van der Waals surface area contributed by atoms with Gasteiger partial charge in [-0.25, -0.2) is 4.79 Å².